The summed E-state index contributed by atoms with van der Waals surface area (Å²) in [5, 5.41) is 13.9. The van der Waals surface area contributed by atoms with Crippen molar-refractivity contribution in [1.82, 2.24) is 0 Å². The van der Waals surface area contributed by atoms with Crippen LogP contribution in [0.3, 0.4) is 0 Å². The van der Waals surface area contributed by atoms with Gasteiger partial charge in [0.2, 0.25) is 0 Å². The van der Waals surface area contributed by atoms with Crippen LogP contribution < -0.4 is 11.1 Å². The summed E-state index contributed by atoms with van der Waals surface area (Å²) in [4.78, 5) is 10.1. The Morgan fingerprint density at radius 1 is 1.56 bits per heavy atom. The van der Waals surface area contributed by atoms with E-state index in [0.717, 1.165) is 38.3 Å². The van der Waals surface area contributed by atoms with Gasteiger partial charge in [-0.05, 0) is 30.9 Å². The number of hydrogen-bond acceptors (Lipinski definition) is 5. The summed E-state index contributed by atoms with van der Waals surface area (Å²) in [5.41, 5.74) is 6.56. The van der Waals surface area contributed by atoms with Crippen molar-refractivity contribution in [1.29, 1.82) is 0 Å². The minimum Gasteiger partial charge on any atom is -0.393 e. The van der Waals surface area contributed by atoms with Gasteiger partial charge in [0.05, 0.1) is 11.5 Å². The molecule has 0 radical (unpaired) electrons. The predicted octanol–water partition coefficient (Wildman–Crippen LogP) is 2.02. The molecule has 1 atom stereocenters. The number of ether oxygens (including phenoxy) is 1. The van der Waals surface area contributed by atoms with Crippen molar-refractivity contribution < 1.29 is 9.66 Å². The van der Waals surface area contributed by atoms with Crippen LogP contribution in [0.2, 0.25) is 0 Å². The Bertz CT molecular complexity index is 431. The van der Waals surface area contributed by atoms with Crippen LogP contribution >= 0.6 is 0 Å². The molecule has 6 nitrogen and oxygen atoms in total. The minimum atomic E-state index is -0.478. The number of nitro groups is 1. The van der Waals surface area contributed by atoms with Crippen molar-refractivity contribution >= 4 is 17.1 Å². The Kier molecular flexibility index (Phi) is 3.99. The van der Waals surface area contributed by atoms with E-state index in [2.05, 4.69) is 5.32 Å². The fourth-order valence-electron chi connectivity index (χ4n) is 2.06. The largest absolute Gasteiger partial charge is 0.393 e. The first-order valence-electron chi connectivity index (χ1n) is 6.02. The molecule has 1 aliphatic rings. The van der Waals surface area contributed by atoms with Crippen LogP contribution in [0.5, 0.6) is 0 Å². The van der Waals surface area contributed by atoms with Crippen LogP contribution in [-0.4, -0.2) is 24.7 Å². The molecule has 1 aromatic carbocycles. The molecule has 0 amide bonds. The molecule has 0 bridgehead atoms. The number of nitrogens with one attached hydrogen (secondary N) is 1. The molecule has 0 aliphatic carbocycles. The normalized spacial score (nSPS) is 19.4. The van der Waals surface area contributed by atoms with Crippen molar-refractivity contribution in [3.8, 4) is 0 Å². The smallest absolute Gasteiger partial charge is 0.292 e. The number of anilines is 2. The molecule has 1 unspecified atom stereocenters. The number of nitrogen functional groups attached to an aromatic ring is 1. The van der Waals surface area contributed by atoms with E-state index in [1.807, 2.05) is 0 Å². The molecule has 0 saturated carbocycles. The van der Waals surface area contributed by atoms with Gasteiger partial charge in [-0.15, -0.1) is 0 Å². The topological polar surface area (TPSA) is 90.4 Å². The molecular formula is C12H17N3O3. The van der Waals surface area contributed by atoms with Crippen LogP contribution in [0.15, 0.2) is 18.2 Å². The van der Waals surface area contributed by atoms with Gasteiger partial charge in [0.25, 0.3) is 5.69 Å². The SMILES string of the molecule is Nc1cc(NCC2CCCOC2)ccc1[N+](=O)[O-]. The van der Waals surface area contributed by atoms with E-state index in [4.69, 9.17) is 10.5 Å². The molecule has 18 heavy (non-hydrogen) atoms. The average Bonchev–Trinajstić information content (AvgIpc) is 2.37. The molecule has 2 rings (SSSR count). The van der Waals surface area contributed by atoms with Crippen molar-refractivity contribution in [3.63, 3.8) is 0 Å². The third-order valence-corrected chi connectivity index (χ3v) is 3.07. The molecule has 1 fully saturated rings. The zero-order valence-corrected chi connectivity index (χ0v) is 10.1. The second-order valence-electron chi connectivity index (χ2n) is 4.49. The van der Waals surface area contributed by atoms with Crippen LogP contribution in [0.1, 0.15) is 12.8 Å². The van der Waals surface area contributed by atoms with Gasteiger partial charge in [-0.25, -0.2) is 0 Å². The Morgan fingerprint density at radius 3 is 3.00 bits per heavy atom. The minimum absolute atomic E-state index is 0.0541. The molecule has 1 heterocycles. The average molecular weight is 251 g/mol. The van der Waals surface area contributed by atoms with Crippen molar-refractivity contribution in [2.45, 2.75) is 12.8 Å². The van der Waals surface area contributed by atoms with Gasteiger partial charge >= 0.3 is 0 Å². The Morgan fingerprint density at radius 2 is 2.39 bits per heavy atom. The number of nitrogens with zero attached hydrogens (tertiary/aromatic N) is 1. The van der Waals surface area contributed by atoms with Crippen LogP contribution in [0, 0.1) is 16.0 Å². The highest BCUT2D eigenvalue weighted by Crippen LogP contribution is 2.25. The van der Waals surface area contributed by atoms with Crippen LogP contribution in [0.25, 0.3) is 0 Å². The summed E-state index contributed by atoms with van der Waals surface area (Å²) in [6.45, 7) is 2.42. The highest BCUT2D eigenvalue weighted by atomic mass is 16.6. The maximum atomic E-state index is 10.6. The Labute approximate surface area is 105 Å². The number of hydrogen-bond donors (Lipinski definition) is 2. The molecule has 1 saturated heterocycles. The van der Waals surface area contributed by atoms with Crippen molar-refractivity contribution in [2.24, 2.45) is 5.92 Å². The van der Waals surface area contributed by atoms with E-state index in [9.17, 15) is 10.1 Å². The lowest BCUT2D eigenvalue weighted by atomic mass is 10.0. The Hall–Kier alpha value is -1.82. The van der Waals surface area contributed by atoms with Gasteiger partial charge in [-0.3, -0.25) is 10.1 Å². The predicted molar refractivity (Wildman–Crippen MR) is 69.5 cm³/mol. The van der Waals surface area contributed by atoms with Gasteiger partial charge in [0.1, 0.15) is 5.69 Å². The van der Waals surface area contributed by atoms with E-state index < -0.39 is 4.92 Å². The van der Waals surface area contributed by atoms with Gasteiger partial charge in [0, 0.05) is 24.9 Å². The van der Waals surface area contributed by atoms with E-state index in [1.165, 1.54) is 6.07 Å². The molecule has 1 aromatic rings. The van der Waals surface area contributed by atoms with E-state index in [-0.39, 0.29) is 11.4 Å². The van der Waals surface area contributed by atoms with Crippen LogP contribution in [0.4, 0.5) is 17.1 Å². The summed E-state index contributed by atoms with van der Waals surface area (Å²) in [6.07, 6.45) is 2.24. The van der Waals surface area contributed by atoms with Gasteiger partial charge in [0.15, 0.2) is 0 Å². The second kappa shape index (κ2) is 5.68. The fraction of sp³-hybridized carbons (Fsp3) is 0.500. The number of rotatable bonds is 4. The molecule has 0 spiro atoms. The second-order valence-corrected chi connectivity index (χ2v) is 4.49. The van der Waals surface area contributed by atoms with Gasteiger partial charge < -0.3 is 15.8 Å². The summed E-state index contributed by atoms with van der Waals surface area (Å²) >= 11 is 0. The maximum Gasteiger partial charge on any atom is 0.292 e. The third-order valence-electron chi connectivity index (χ3n) is 3.07. The lowest BCUT2D eigenvalue weighted by molar-refractivity contribution is -0.383. The van der Waals surface area contributed by atoms with E-state index in [1.54, 1.807) is 12.1 Å². The summed E-state index contributed by atoms with van der Waals surface area (Å²) < 4.78 is 5.39. The first kappa shape index (κ1) is 12.6. The molecule has 98 valence electrons. The summed E-state index contributed by atoms with van der Waals surface area (Å²) in [5.74, 6) is 0.496. The van der Waals surface area contributed by atoms with E-state index in [0.29, 0.717) is 5.92 Å². The summed E-state index contributed by atoms with van der Waals surface area (Å²) in [7, 11) is 0. The highest BCUT2D eigenvalue weighted by molar-refractivity contribution is 5.65. The fourth-order valence-corrected chi connectivity index (χ4v) is 2.06. The first-order chi connectivity index (χ1) is 8.66. The quantitative estimate of drug-likeness (QED) is 0.485. The Balaban J connectivity index is 1.93. The molecule has 3 N–H and O–H groups in total. The molecule has 6 heteroatoms. The standard InChI is InChI=1S/C12H17N3O3/c13-11-6-10(3-4-12(11)15(16)17)14-7-9-2-1-5-18-8-9/h3-4,6,9,14H,1-2,5,7-8,13H2. The number of benzene rings is 1. The van der Waals surface area contributed by atoms with Crippen LogP contribution in [-0.2, 0) is 4.74 Å². The lowest BCUT2D eigenvalue weighted by Gasteiger charge is -2.22. The first-order valence-corrected chi connectivity index (χ1v) is 6.02. The molecular weight excluding hydrogens is 234 g/mol. The monoisotopic (exact) mass is 251 g/mol. The van der Waals surface area contributed by atoms with Gasteiger partial charge in [-0.1, -0.05) is 0 Å². The number of nitrogens with two attached hydrogens (primary N) is 1. The highest BCUT2D eigenvalue weighted by Gasteiger charge is 2.14. The van der Waals surface area contributed by atoms with Gasteiger partial charge in [-0.2, -0.15) is 0 Å². The zero-order chi connectivity index (χ0) is 13.0. The zero-order valence-electron chi connectivity index (χ0n) is 10.1. The third kappa shape index (κ3) is 3.10. The molecule has 1 aliphatic heterocycles. The summed E-state index contributed by atoms with van der Waals surface area (Å²) in [6, 6.07) is 4.70. The maximum absolute atomic E-state index is 10.6. The molecule has 0 aromatic heterocycles. The van der Waals surface area contributed by atoms with E-state index >= 15 is 0 Å². The van der Waals surface area contributed by atoms with Crippen molar-refractivity contribution in [3.05, 3.63) is 28.3 Å². The number of nitro benzene ring substituents is 1. The lowest BCUT2D eigenvalue weighted by Crippen LogP contribution is -2.24. The van der Waals surface area contributed by atoms with Crippen molar-refractivity contribution in [2.75, 3.05) is 30.8 Å².